The normalized spacial score (nSPS) is 12.6. The molecule has 1 heterocycles. The van der Waals surface area contributed by atoms with Gasteiger partial charge in [0.1, 0.15) is 0 Å². The molecule has 2 rings (SSSR count). The van der Waals surface area contributed by atoms with Gasteiger partial charge in [0.25, 0.3) is 0 Å². The van der Waals surface area contributed by atoms with Gasteiger partial charge in [-0.05, 0) is 13.0 Å². The van der Waals surface area contributed by atoms with Gasteiger partial charge >= 0.3 is 12.1 Å². The molecule has 1 unspecified atom stereocenters. The first-order valence-electron chi connectivity index (χ1n) is 7.09. The van der Waals surface area contributed by atoms with Gasteiger partial charge in [0, 0.05) is 17.5 Å². The fraction of sp³-hybridized carbons (Fsp3) is 0.375. The van der Waals surface area contributed by atoms with Crippen LogP contribution in [0.1, 0.15) is 12.5 Å². The van der Waals surface area contributed by atoms with Crippen LogP contribution in [-0.4, -0.2) is 38.4 Å². The number of alkyl halides is 3. The second-order valence-corrected chi connectivity index (χ2v) is 5.01. The zero-order chi connectivity index (χ0) is 18.8. The van der Waals surface area contributed by atoms with E-state index in [2.05, 4.69) is 9.72 Å². The zero-order valence-electron chi connectivity index (χ0n) is 13.9. The van der Waals surface area contributed by atoms with E-state index < -0.39 is 23.8 Å². The Bertz CT molecular complexity index is 791. The maximum absolute atomic E-state index is 13.4. The van der Waals surface area contributed by atoms with Crippen LogP contribution >= 0.6 is 0 Å². The van der Waals surface area contributed by atoms with Crippen molar-refractivity contribution in [2.75, 3.05) is 21.3 Å². The number of carbonyl (C=O) groups excluding carboxylic acids is 1. The summed E-state index contributed by atoms with van der Waals surface area (Å²) in [6.07, 6.45) is -5.77. The molecule has 0 radical (unpaired) electrons. The maximum atomic E-state index is 13.4. The summed E-state index contributed by atoms with van der Waals surface area (Å²) in [6.45, 7) is 1.35. The number of aromatic nitrogens is 1. The summed E-state index contributed by atoms with van der Waals surface area (Å²) in [5.74, 6) is -0.736. The monoisotopic (exact) mass is 359 g/mol. The van der Waals surface area contributed by atoms with Gasteiger partial charge in [-0.2, -0.15) is 13.2 Å². The van der Waals surface area contributed by atoms with Crippen LogP contribution in [0, 0.1) is 0 Å². The van der Waals surface area contributed by atoms with Crippen molar-refractivity contribution in [1.29, 1.82) is 0 Å². The molecular weight excluding hydrogens is 343 g/mol. The molecule has 0 N–H and O–H groups in total. The minimum atomic E-state index is -4.66. The van der Waals surface area contributed by atoms with E-state index in [9.17, 15) is 18.0 Å². The number of pyridine rings is 1. The molecule has 0 fully saturated rings. The Labute approximate surface area is 141 Å². The summed E-state index contributed by atoms with van der Waals surface area (Å²) in [5.41, 5.74) is -0.981. The number of benzene rings is 1. The van der Waals surface area contributed by atoms with Gasteiger partial charge in [0.05, 0.1) is 32.4 Å². The molecule has 0 bridgehead atoms. The first-order chi connectivity index (χ1) is 11.7. The number of hydrogen-bond donors (Lipinski definition) is 0. The SMILES string of the molecule is COC(=O)C(C)Oc1cc(C(F)(F)F)c2cc(OC)c(OC)cc2n1. The minimum absolute atomic E-state index is 0.0143. The van der Waals surface area contributed by atoms with Crippen molar-refractivity contribution in [2.24, 2.45) is 0 Å². The molecule has 6 nitrogen and oxygen atoms in total. The lowest BCUT2D eigenvalue weighted by molar-refractivity contribution is -0.148. The third-order valence-corrected chi connectivity index (χ3v) is 3.43. The Balaban J connectivity index is 2.65. The first-order valence-corrected chi connectivity index (χ1v) is 7.09. The molecule has 0 saturated carbocycles. The van der Waals surface area contributed by atoms with Crippen molar-refractivity contribution in [1.82, 2.24) is 4.98 Å². The molecule has 0 spiro atoms. The van der Waals surface area contributed by atoms with Crippen molar-refractivity contribution in [3.8, 4) is 17.4 Å². The average Bonchev–Trinajstić information content (AvgIpc) is 2.57. The standard InChI is InChI=1S/C16H16F3NO5/c1-8(15(21)24-4)25-14-6-10(16(17,18)19)9-5-12(22-2)13(23-3)7-11(9)20-14/h5-8H,1-4H3. The minimum Gasteiger partial charge on any atom is -0.493 e. The molecule has 0 amide bonds. The summed E-state index contributed by atoms with van der Waals surface area (Å²) in [7, 11) is 3.82. The molecular formula is C16H16F3NO5. The zero-order valence-corrected chi connectivity index (χ0v) is 13.9. The van der Waals surface area contributed by atoms with Gasteiger partial charge in [-0.25, -0.2) is 9.78 Å². The van der Waals surface area contributed by atoms with Crippen LogP contribution in [0.2, 0.25) is 0 Å². The molecule has 136 valence electrons. The van der Waals surface area contributed by atoms with E-state index in [1.54, 1.807) is 0 Å². The Morgan fingerprint density at radius 3 is 2.20 bits per heavy atom. The number of hydrogen-bond acceptors (Lipinski definition) is 6. The van der Waals surface area contributed by atoms with Crippen molar-refractivity contribution in [2.45, 2.75) is 19.2 Å². The third-order valence-electron chi connectivity index (χ3n) is 3.43. The fourth-order valence-electron chi connectivity index (χ4n) is 2.22. The Morgan fingerprint density at radius 1 is 1.08 bits per heavy atom. The van der Waals surface area contributed by atoms with E-state index in [4.69, 9.17) is 14.2 Å². The number of rotatable bonds is 5. The Hall–Kier alpha value is -2.71. The van der Waals surface area contributed by atoms with E-state index in [0.29, 0.717) is 0 Å². The highest BCUT2D eigenvalue weighted by atomic mass is 19.4. The van der Waals surface area contributed by atoms with Crippen molar-refractivity contribution >= 4 is 16.9 Å². The number of halogens is 3. The van der Waals surface area contributed by atoms with Crippen molar-refractivity contribution in [3.63, 3.8) is 0 Å². The molecule has 9 heteroatoms. The van der Waals surface area contributed by atoms with Crippen LogP contribution in [0.15, 0.2) is 18.2 Å². The quantitative estimate of drug-likeness (QED) is 0.764. The largest absolute Gasteiger partial charge is 0.493 e. The Kier molecular flexibility index (Phi) is 5.24. The van der Waals surface area contributed by atoms with Crippen molar-refractivity contribution in [3.05, 3.63) is 23.8 Å². The second-order valence-electron chi connectivity index (χ2n) is 5.01. The van der Waals surface area contributed by atoms with Crippen LogP contribution < -0.4 is 14.2 Å². The average molecular weight is 359 g/mol. The number of fused-ring (bicyclic) bond motifs is 1. The summed E-state index contributed by atoms with van der Waals surface area (Å²) >= 11 is 0. The Morgan fingerprint density at radius 2 is 1.68 bits per heavy atom. The molecule has 0 aliphatic rings. The fourth-order valence-corrected chi connectivity index (χ4v) is 2.22. The lowest BCUT2D eigenvalue weighted by Gasteiger charge is -2.17. The predicted octanol–water partition coefficient (Wildman–Crippen LogP) is 3.21. The molecule has 2 aromatic rings. The summed E-state index contributed by atoms with van der Waals surface area (Å²) in [4.78, 5) is 15.4. The van der Waals surface area contributed by atoms with Crippen LogP contribution in [-0.2, 0) is 15.7 Å². The smallest absolute Gasteiger partial charge is 0.417 e. The number of carbonyl (C=O) groups is 1. The highest BCUT2D eigenvalue weighted by Gasteiger charge is 2.34. The van der Waals surface area contributed by atoms with E-state index in [1.807, 2.05) is 0 Å². The van der Waals surface area contributed by atoms with Gasteiger partial charge in [0.15, 0.2) is 17.6 Å². The number of methoxy groups -OCH3 is 3. The molecule has 0 aliphatic heterocycles. The highest BCUT2D eigenvalue weighted by Crippen LogP contribution is 2.40. The summed E-state index contributed by atoms with van der Waals surface area (Å²) in [6, 6.07) is 3.23. The van der Waals surface area contributed by atoms with E-state index >= 15 is 0 Å². The molecule has 1 aromatic carbocycles. The number of nitrogens with zero attached hydrogens (tertiary/aromatic N) is 1. The van der Waals surface area contributed by atoms with Crippen LogP contribution in [0.3, 0.4) is 0 Å². The van der Waals surface area contributed by atoms with E-state index in [0.717, 1.165) is 13.2 Å². The third kappa shape index (κ3) is 3.86. The molecule has 1 aromatic heterocycles. The molecule has 1 atom stereocenters. The van der Waals surface area contributed by atoms with Crippen molar-refractivity contribution < 1.29 is 36.9 Å². The molecule has 25 heavy (non-hydrogen) atoms. The topological polar surface area (TPSA) is 66.9 Å². The molecule has 0 aliphatic carbocycles. The van der Waals surface area contributed by atoms with Crippen LogP contribution in [0.25, 0.3) is 10.9 Å². The van der Waals surface area contributed by atoms with E-state index in [-0.39, 0.29) is 28.3 Å². The van der Waals surface area contributed by atoms with E-state index in [1.165, 1.54) is 33.3 Å². The lowest BCUT2D eigenvalue weighted by Crippen LogP contribution is -2.25. The second kappa shape index (κ2) is 7.04. The van der Waals surface area contributed by atoms with Gasteiger partial charge in [0.2, 0.25) is 5.88 Å². The summed E-state index contributed by atoms with van der Waals surface area (Å²) < 4.78 is 60.1. The van der Waals surface area contributed by atoms with Gasteiger partial charge in [-0.15, -0.1) is 0 Å². The maximum Gasteiger partial charge on any atom is 0.417 e. The lowest BCUT2D eigenvalue weighted by atomic mass is 10.1. The predicted molar refractivity (Wildman–Crippen MR) is 82.0 cm³/mol. The number of esters is 1. The van der Waals surface area contributed by atoms with Gasteiger partial charge in [-0.3, -0.25) is 0 Å². The van der Waals surface area contributed by atoms with Gasteiger partial charge < -0.3 is 18.9 Å². The van der Waals surface area contributed by atoms with Gasteiger partial charge in [-0.1, -0.05) is 0 Å². The first kappa shape index (κ1) is 18.6. The summed E-state index contributed by atoms with van der Waals surface area (Å²) in [5, 5.41) is -0.178. The highest BCUT2D eigenvalue weighted by molar-refractivity contribution is 5.87. The molecule has 0 saturated heterocycles. The van der Waals surface area contributed by atoms with Crippen LogP contribution in [0.4, 0.5) is 13.2 Å². The van der Waals surface area contributed by atoms with Crippen LogP contribution in [0.5, 0.6) is 17.4 Å². The number of ether oxygens (including phenoxy) is 4.